The number of nitrogens with zero attached hydrogens (tertiary/aromatic N) is 1. The molecule has 0 aliphatic heterocycles. The molecule has 17 heavy (non-hydrogen) atoms. The molecule has 6 heteroatoms. The fourth-order valence-electron chi connectivity index (χ4n) is 1.93. The normalized spacial score (nSPS) is 16.7. The second-order valence-electron chi connectivity index (χ2n) is 4.46. The molecule has 1 saturated carbocycles. The van der Waals surface area contributed by atoms with Crippen molar-refractivity contribution < 1.29 is 9.59 Å². The Kier molecular flexibility index (Phi) is 5.37. The van der Waals surface area contributed by atoms with Gasteiger partial charge in [0.05, 0.1) is 6.54 Å². The van der Waals surface area contributed by atoms with Crippen molar-refractivity contribution in [3.05, 3.63) is 0 Å². The monoisotopic (exact) mass is 242 g/mol. The van der Waals surface area contributed by atoms with E-state index in [9.17, 15) is 9.59 Å². The predicted octanol–water partition coefficient (Wildman–Crippen LogP) is -0.499. The van der Waals surface area contributed by atoms with Gasteiger partial charge in [0.15, 0.2) is 0 Å². The summed E-state index contributed by atoms with van der Waals surface area (Å²) < 4.78 is 0. The topological polar surface area (TPSA) is 87.5 Å². The number of carbonyl (C=O) groups is 2. The first-order chi connectivity index (χ1) is 8.08. The summed E-state index contributed by atoms with van der Waals surface area (Å²) in [6.45, 7) is 3.06. The minimum Gasteiger partial charge on any atom is -0.338 e. The molecular formula is C11H22N4O2. The second-order valence-corrected chi connectivity index (χ2v) is 4.46. The molecule has 0 spiro atoms. The third-order valence-corrected chi connectivity index (χ3v) is 2.96. The Morgan fingerprint density at radius 3 is 2.59 bits per heavy atom. The van der Waals surface area contributed by atoms with Gasteiger partial charge in [-0.1, -0.05) is 0 Å². The lowest BCUT2D eigenvalue weighted by Crippen LogP contribution is -2.48. The number of nitrogens with one attached hydrogen (secondary N) is 2. The Balaban J connectivity index is 2.31. The van der Waals surface area contributed by atoms with E-state index in [0.717, 1.165) is 0 Å². The van der Waals surface area contributed by atoms with Crippen LogP contribution in [0.1, 0.15) is 19.8 Å². The Morgan fingerprint density at radius 1 is 1.47 bits per heavy atom. The Morgan fingerprint density at radius 2 is 2.12 bits per heavy atom. The molecule has 6 nitrogen and oxygen atoms in total. The lowest BCUT2D eigenvalue weighted by molar-refractivity contribution is -0.121. The molecule has 1 rings (SSSR count). The van der Waals surface area contributed by atoms with Gasteiger partial charge in [-0.15, -0.1) is 0 Å². The fourth-order valence-corrected chi connectivity index (χ4v) is 1.93. The maximum atomic E-state index is 11.5. The molecule has 0 bridgehead atoms. The van der Waals surface area contributed by atoms with E-state index in [0.29, 0.717) is 19.0 Å². The van der Waals surface area contributed by atoms with E-state index in [1.165, 1.54) is 12.8 Å². The zero-order valence-corrected chi connectivity index (χ0v) is 10.5. The quantitative estimate of drug-likeness (QED) is 0.586. The molecule has 1 aliphatic rings. The van der Waals surface area contributed by atoms with E-state index in [1.807, 2.05) is 11.9 Å². The van der Waals surface area contributed by atoms with Gasteiger partial charge in [0.25, 0.3) is 0 Å². The maximum absolute atomic E-state index is 11.5. The molecule has 1 fully saturated rings. The van der Waals surface area contributed by atoms with Crippen molar-refractivity contribution in [2.24, 2.45) is 11.7 Å². The van der Waals surface area contributed by atoms with Crippen LogP contribution in [0.5, 0.6) is 0 Å². The van der Waals surface area contributed by atoms with Crippen LogP contribution in [0.4, 0.5) is 4.79 Å². The van der Waals surface area contributed by atoms with Crippen LogP contribution >= 0.6 is 0 Å². The predicted molar refractivity (Wildman–Crippen MR) is 65.4 cm³/mol. The highest BCUT2D eigenvalue weighted by atomic mass is 16.2. The van der Waals surface area contributed by atoms with Crippen molar-refractivity contribution in [3.8, 4) is 0 Å². The average Bonchev–Trinajstić information content (AvgIpc) is 3.02. The first-order valence-electron chi connectivity index (χ1n) is 6.06. The van der Waals surface area contributed by atoms with E-state index >= 15 is 0 Å². The average molecular weight is 242 g/mol. The molecule has 4 N–H and O–H groups in total. The third kappa shape index (κ3) is 4.70. The molecule has 0 radical (unpaired) electrons. The number of hydrogen-bond donors (Lipinski definition) is 3. The summed E-state index contributed by atoms with van der Waals surface area (Å²) in [6, 6.07) is -0.198. The van der Waals surface area contributed by atoms with Gasteiger partial charge < -0.3 is 11.1 Å². The SMILES string of the molecule is CCNC(=O)NC(=O)CN(C)C(CN)C1CC1. The number of nitrogens with two attached hydrogens (primary N) is 1. The standard InChI is InChI=1S/C11H22N4O2/c1-3-13-11(17)14-10(16)7-15(2)9(6-12)8-4-5-8/h8-9H,3-7,12H2,1-2H3,(H2,13,14,16,17). The van der Waals surface area contributed by atoms with Crippen LogP contribution in [0, 0.1) is 5.92 Å². The van der Waals surface area contributed by atoms with E-state index in [2.05, 4.69) is 10.6 Å². The van der Waals surface area contributed by atoms with Crippen molar-refractivity contribution >= 4 is 11.9 Å². The lowest BCUT2D eigenvalue weighted by atomic mass is 10.1. The van der Waals surface area contributed by atoms with E-state index in [1.54, 1.807) is 6.92 Å². The van der Waals surface area contributed by atoms with Crippen LogP contribution in [-0.2, 0) is 4.79 Å². The first kappa shape index (κ1) is 13.9. The molecule has 0 aromatic heterocycles. The first-order valence-corrected chi connectivity index (χ1v) is 6.06. The molecule has 98 valence electrons. The molecular weight excluding hydrogens is 220 g/mol. The van der Waals surface area contributed by atoms with E-state index in [4.69, 9.17) is 5.73 Å². The number of carbonyl (C=O) groups excluding carboxylic acids is 2. The lowest BCUT2D eigenvalue weighted by Gasteiger charge is -2.26. The summed E-state index contributed by atoms with van der Waals surface area (Å²) in [4.78, 5) is 24.6. The zero-order chi connectivity index (χ0) is 12.8. The van der Waals surface area contributed by atoms with E-state index < -0.39 is 6.03 Å². The van der Waals surface area contributed by atoms with Gasteiger partial charge in [-0.05, 0) is 32.7 Å². The minimum absolute atomic E-state index is 0.204. The highest BCUT2D eigenvalue weighted by Gasteiger charge is 2.33. The molecule has 0 heterocycles. The van der Waals surface area contributed by atoms with Gasteiger partial charge >= 0.3 is 6.03 Å². The third-order valence-electron chi connectivity index (χ3n) is 2.96. The number of imide groups is 1. The Bertz CT molecular complexity index is 279. The fraction of sp³-hybridized carbons (Fsp3) is 0.818. The van der Waals surface area contributed by atoms with Crippen LogP contribution in [-0.4, -0.2) is 49.6 Å². The van der Waals surface area contributed by atoms with Gasteiger partial charge in [0.2, 0.25) is 5.91 Å². The summed E-state index contributed by atoms with van der Waals surface area (Å²) in [5, 5.41) is 4.79. The van der Waals surface area contributed by atoms with Crippen LogP contribution in [0.25, 0.3) is 0 Å². The van der Waals surface area contributed by atoms with Gasteiger partial charge in [0, 0.05) is 19.1 Å². The van der Waals surface area contributed by atoms with E-state index in [-0.39, 0.29) is 18.5 Å². The molecule has 0 aromatic carbocycles. The van der Waals surface area contributed by atoms with Crippen LogP contribution < -0.4 is 16.4 Å². The summed E-state index contributed by atoms with van der Waals surface area (Å²) in [5.41, 5.74) is 5.69. The van der Waals surface area contributed by atoms with Crippen LogP contribution in [0.15, 0.2) is 0 Å². The van der Waals surface area contributed by atoms with Gasteiger partial charge in [-0.3, -0.25) is 15.0 Å². The van der Waals surface area contributed by atoms with Crippen molar-refractivity contribution in [2.45, 2.75) is 25.8 Å². The van der Waals surface area contributed by atoms with Gasteiger partial charge in [-0.25, -0.2) is 4.79 Å². The smallest absolute Gasteiger partial charge is 0.321 e. The zero-order valence-electron chi connectivity index (χ0n) is 10.5. The van der Waals surface area contributed by atoms with Crippen LogP contribution in [0.2, 0.25) is 0 Å². The largest absolute Gasteiger partial charge is 0.338 e. The highest BCUT2D eigenvalue weighted by Crippen LogP contribution is 2.34. The Labute approximate surface area is 102 Å². The van der Waals surface area contributed by atoms with Crippen molar-refractivity contribution in [1.29, 1.82) is 0 Å². The number of urea groups is 1. The van der Waals surface area contributed by atoms with Crippen molar-refractivity contribution in [3.63, 3.8) is 0 Å². The summed E-state index contributed by atoms with van der Waals surface area (Å²) in [5.74, 6) is 0.319. The summed E-state index contributed by atoms with van der Waals surface area (Å²) in [7, 11) is 1.87. The number of hydrogen-bond acceptors (Lipinski definition) is 4. The summed E-state index contributed by atoms with van der Waals surface area (Å²) >= 11 is 0. The van der Waals surface area contributed by atoms with Crippen LogP contribution in [0.3, 0.4) is 0 Å². The Hall–Kier alpha value is -1.14. The van der Waals surface area contributed by atoms with Crippen molar-refractivity contribution in [1.82, 2.24) is 15.5 Å². The van der Waals surface area contributed by atoms with Gasteiger partial charge in [-0.2, -0.15) is 0 Å². The maximum Gasteiger partial charge on any atom is 0.321 e. The second kappa shape index (κ2) is 6.56. The van der Waals surface area contributed by atoms with Gasteiger partial charge in [0.1, 0.15) is 0 Å². The molecule has 0 aromatic rings. The molecule has 1 aliphatic carbocycles. The molecule has 1 unspecified atom stereocenters. The number of amides is 3. The minimum atomic E-state index is -0.443. The van der Waals surface area contributed by atoms with Crippen molar-refractivity contribution in [2.75, 3.05) is 26.7 Å². The number of likely N-dealkylation sites (N-methyl/N-ethyl adjacent to an activating group) is 1. The molecule has 0 saturated heterocycles. The number of rotatable bonds is 6. The molecule has 3 amide bonds. The highest BCUT2D eigenvalue weighted by molar-refractivity contribution is 5.95. The molecule has 1 atom stereocenters. The summed E-state index contributed by atoms with van der Waals surface area (Å²) in [6.07, 6.45) is 2.37.